The van der Waals surface area contributed by atoms with E-state index in [9.17, 15) is 18.8 Å². The fourth-order valence-electron chi connectivity index (χ4n) is 3.14. The average molecular weight is 422 g/mol. The zero-order valence-electron chi connectivity index (χ0n) is 17.2. The molecule has 1 atom stereocenters. The second-order valence-corrected chi connectivity index (χ2v) is 7.39. The summed E-state index contributed by atoms with van der Waals surface area (Å²) >= 11 is 0. The van der Waals surface area contributed by atoms with Crippen molar-refractivity contribution < 1.29 is 18.8 Å². The smallest absolute Gasteiger partial charge is 0.287 e. The Morgan fingerprint density at radius 3 is 2.32 bits per heavy atom. The molecule has 7 nitrogen and oxygen atoms in total. The number of nitrogens with two attached hydrogens (primary N) is 1. The largest absolute Gasteiger partial charge is 0.363 e. The zero-order valence-corrected chi connectivity index (χ0v) is 17.2. The first-order valence-electron chi connectivity index (χ1n) is 9.80. The van der Waals surface area contributed by atoms with Crippen LogP contribution in [-0.4, -0.2) is 33.4 Å². The summed E-state index contributed by atoms with van der Waals surface area (Å²) < 4.78 is 16.0. The highest BCUT2D eigenvalue weighted by molar-refractivity contribution is 6.38. The molecule has 160 valence electrons. The molecule has 3 aromatic rings. The van der Waals surface area contributed by atoms with Crippen LogP contribution in [0.15, 0.2) is 60.8 Å². The molecule has 0 saturated carbocycles. The summed E-state index contributed by atoms with van der Waals surface area (Å²) in [5, 5.41) is 6.95. The lowest BCUT2D eigenvalue weighted by atomic mass is 10.0. The maximum absolute atomic E-state index is 14.4. The van der Waals surface area contributed by atoms with Gasteiger partial charge in [0.1, 0.15) is 17.6 Å². The molecule has 0 radical (unpaired) electrons. The number of nitrogens with one attached hydrogen (secondary N) is 1. The standard InChI is InChI=1S/C23H23FN4O3/c1-14(2)28-13-17(20(27-28)16-10-6-7-11-18(16)24)23(31)26-19(21(29)22(25)30)12-15-8-4-3-5-9-15/h3-11,13-14,19H,12H2,1-2H3,(H2,25,30)(H,26,31). The van der Waals surface area contributed by atoms with Crippen molar-refractivity contribution >= 4 is 17.6 Å². The summed E-state index contributed by atoms with van der Waals surface area (Å²) in [7, 11) is 0. The van der Waals surface area contributed by atoms with Gasteiger partial charge in [0, 0.05) is 24.2 Å². The number of primary amides is 1. The van der Waals surface area contributed by atoms with Crippen LogP contribution in [0.2, 0.25) is 0 Å². The number of aromatic nitrogens is 2. The predicted molar refractivity (Wildman–Crippen MR) is 114 cm³/mol. The van der Waals surface area contributed by atoms with Crippen LogP contribution in [-0.2, 0) is 16.0 Å². The van der Waals surface area contributed by atoms with E-state index in [1.54, 1.807) is 41.1 Å². The molecular formula is C23H23FN4O3. The second kappa shape index (κ2) is 9.34. The van der Waals surface area contributed by atoms with Gasteiger partial charge in [0.25, 0.3) is 11.8 Å². The molecule has 1 heterocycles. The summed E-state index contributed by atoms with van der Waals surface area (Å²) in [5.41, 5.74) is 6.33. The predicted octanol–water partition coefficient (Wildman–Crippen LogP) is 2.67. The number of hydrogen-bond acceptors (Lipinski definition) is 4. The minimum atomic E-state index is -1.16. The van der Waals surface area contributed by atoms with Gasteiger partial charge in [-0.3, -0.25) is 19.1 Å². The maximum Gasteiger partial charge on any atom is 0.287 e. The lowest BCUT2D eigenvalue weighted by molar-refractivity contribution is -0.137. The van der Waals surface area contributed by atoms with Crippen molar-refractivity contribution in [1.29, 1.82) is 0 Å². The first-order chi connectivity index (χ1) is 14.8. The lowest BCUT2D eigenvalue weighted by Crippen LogP contribution is -2.47. The fraction of sp³-hybridized carbons (Fsp3) is 0.217. The van der Waals surface area contributed by atoms with Gasteiger partial charge in [0.2, 0.25) is 5.78 Å². The van der Waals surface area contributed by atoms with Crippen LogP contribution in [0.4, 0.5) is 4.39 Å². The van der Waals surface area contributed by atoms with E-state index in [0.717, 1.165) is 5.56 Å². The molecule has 2 aromatic carbocycles. The molecule has 0 aliphatic heterocycles. The number of carbonyl (C=O) groups excluding carboxylic acids is 3. The van der Waals surface area contributed by atoms with E-state index >= 15 is 0 Å². The van der Waals surface area contributed by atoms with Crippen molar-refractivity contribution in [3.63, 3.8) is 0 Å². The molecule has 0 fully saturated rings. The Balaban J connectivity index is 1.97. The quantitative estimate of drug-likeness (QED) is 0.544. The van der Waals surface area contributed by atoms with E-state index in [2.05, 4.69) is 10.4 Å². The number of nitrogens with zero attached hydrogens (tertiary/aromatic N) is 2. The molecule has 2 amide bonds. The molecule has 0 saturated heterocycles. The summed E-state index contributed by atoms with van der Waals surface area (Å²) in [4.78, 5) is 37.0. The van der Waals surface area contributed by atoms with Crippen LogP contribution in [0.25, 0.3) is 11.3 Å². The van der Waals surface area contributed by atoms with Gasteiger partial charge in [-0.25, -0.2) is 4.39 Å². The maximum atomic E-state index is 14.4. The Labute approximate surface area is 179 Å². The van der Waals surface area contributed by atoms with Crippen LogP contribution in [0.1, 0.15) is 35.8 Å². The van der Waals surface area contributed by atoms with E-state index in [-0.39, 0.29) is 29.3 Å². The van der Waals surface area contributed by atoms with Gasteiger partial charge in [-0.2, -0.15) is 5.10 Å². The van der Waals surface area contributed by atoms with Crippen molar-refractivity contribution in [2.75, 3.05) is 0 Å². The molecular weight excluding hydrogens is 399 g/mol. The topological polar surface area (TPSA) is 107 Å². The third-order valence-electron chi connectivity index (χ3n) is 4.78. The van der Waals surface area contributed by atoms with Crippen molar-refractivity contribution in [2.45, 2.75) is 32.4 Å². The molecule has 0 aliphatic carbocycles. The molecule has 31 heavy (non-hydrogen) atoms. The Kier molecular flexibility index (Phi) is 6.59. The first kappa shape index (κ1) is 21.9. The molecule has 1 unspecified atom stereocenters. The summed E-state index contributed by atoms with van der Waals surface area (Å²) in [5.74, 6) is -3.24. The number of benzene rings is 2. The normalized spacial score (nSPS) is 11.9. The molecule has 3 rings (SSSR count). The zero-order chi connectivity index (χ0) is 22.5. The highest BCUT2D eigenvalue weighted by atomic mass is 19.1. The van der Waals surface area contributed by atoms with E-state index in [4.69, 9.17) is 5.73 Å². The molecule has 3 N–H and O–H groups in total. The summed E-state index contributed by atoms with van der Waals surface area (Å²) in [6, 6.07) is 13.7. The van der Waals surface area contributed by atoms with Gasteiger partial charge in [0.15, 0.2) is 0 Å². The van der Waals surface area contributed by atoms with Gasteiger partial charge in [-0.1, -0.05) is 42.5 Å². The molecule has 1 aromatic heterocycles. The monoisotopic (exact) mass is 422 g/mol. The van der Waals surface area contributed by atoms with E-state index in [1.165, 1.54) is 18.3 Å². The summed E-state index contributed by atoms with van der Waals surface area (Å²) in [6.07, 6.45) is 1.58. The SMILES string of the molecule is CC(C)n1cc(C(=O)NC(Cc2ccccc2)C(=O)C(N)=O)c(-c2ccccc2F)n1. The Hall–Kier alpha value is -3.81. The second-order valence-electron chi connectivity index (χ2n) is 7.39. The van der Waals surface area contributed by atoms with Crippen LogP contribution in [0.3, 0.4) is 0 Å². The van der Waals surface area contributed by atoms with Gasteiger partial charge in [-0.15, -0.1) is 0 Å². The molecule has 0 aliphatic rings. The Bertz CT molecular complexity index is 1110. The molecule has 0 spiro atoms. The van der Waals surface area contributed by atoms with Crippen molar-refractivity contribution in [2.24, 2.45) is 5.73 Å². The minimum absolute atomic E-state index is 0.0839. The van der Waals surface area contributed by atoms with Gasteiger partial charge >= 0.3 is 0 Å². The summed E-state index contributed by atoms with van der Waals surface area (Å²) in [6.45, 7) is 3.74. The van der Waals surface area contributed by atoms with Crippen LogP contribution >= 0.6 is 0 Å². The average Bonchev–Trinajstić information content (AvgIpc) is 3.19. The van der Waals surface area contributed by atoms with Gasteiger partial charge < -0.3 is 11.1 Å². The fourth-order valence-corrected chi connectivity index (χ4v) is 3.14. The van der Waals surface area contributed by atoms with E-state index in [0.29, 0.717) is 0 Å². The van der Waals surface area contributed by atoms with Gasteiger partial charge in [0.05, 0.1) is 5.56 Å². The van der Waals surface area contributed by atoms with Crippen LogP contribution < -0.4 is 11.1 Å². The Morgan fingerprint density at radius 2 is 1.71 bits per heavy atom. The molecule has 0 bridgehead atoms. The first-order valence-corrected chi connectivity index (χ1v) is 9.80. The van der Waals surface area contributed by atoms with E-state index < -0.39 is 29.5 Å². The van der Waals surface area contributed by atoms with Crippen LogP contribution in [0.5, 0.6) is 0 Å². The number of halogens is 1. The van der Waals surface area contributed by atoms with Crippen molar-refractivity contribution in [3.05, 3.63) is 77.7 Å². The highest BCUT2D eigenvalue weighted by Gasteiger charge is 2.28. The number of amides is 2. The third kappa shape index (κ3) is 5.03. The minimum Gasteiger partial charge on any atom is -0.363 e. The lowest BCUT2D eigenvalue weighted by Gasteiger charge is -2.16. The third-order valence-corrected chi connectivity index (χ3v) is 4.78. The number of hydrogen-bond donors (Lipinski definition) is 2. The number of carbonyl (C=O) groups is 3. The van der Waals surface area contributed by atoms with Crippen molar-refractivity contribution in [1.82, 2.24) is 15.1 Å². The number of ketones is 1. The van der Waals surface area contributed by atoms with Crippen molar-refractivity contribution in [3.8, 4) is 11.3 Å². The van der Waals surface area contributed by atoms with E-state index in [1.807, 2.05) is 19.9 Å². The highest BCUT2D eigenvalue weighted by Crippen LogP contribution is 2.26. The van der Waals surface area contributed by atoms with Gasteiger partial charge in [-0.05, 0) is 31.5 Å². The van der Waals surface area contributed by atoms with Crippen LogP contribution in [0, 0.1) is 5.82 Å². The number of rotatable bonds is 8. The molecule has 8 heteroatoms. The Morgan fingerprint density at radius 1 is 1.06 bits per heavy atom. The number of Topliss-reactive ketones (excluding diaryl/α,β-unsaturated/α-hetero) is 1.